The zero-order valence-corrected chi connectivity index (χ0v) is 16.7. The van der Waals surface area contributed by atoms with Gasteiger partial charge in [0, 0.05) is 30.5 Å². The summed E-state index contributed by atoms with van der Waals surface area (Å²) in [5.41, 5.74) is 1.41. The maximum absolute atomic E-state index is 12.4. The van der Waals surface area contributed by atoms with Crippen LogP contribution in [0, 0.1) is 11.3 Å². The molecule has 1 heterocycles. The molecule has 1 amide bonds. The van der Waals surface area contributed by atoms with E-state index in [9.17, 15) is 18.0 Å². The van der Waals surface area contributed by atoms with E-state index in [1.165, 1.54) is 12.8 Å². The van der Waals surface area contributed by atoms with Crippen LogP contribution in [0.3, 0.4) is 0 Å². The quantitative estimate of drug-likeness (QED) is 0.684. The highest BCUT2D eigenvalue weighted by Crippen LogP contribution is 2.42. The number of amides is 1. The Morgan fingerprint density at radius 1 is 1.28 bits per heavy atom. The lowest BCUT2D eigenvalue weighted by Crippen LogP contribution is -2.33. The van der Waals surface area contributed by atoms with E-state index in [1.807, 2.05) is 0 Å². The van der Waals surface area contributed by atoms with Crippen LogP contribution in [0.1, 0.15) is 62.1 Å². The SMILES string of the molecule is CC1(C)CCCC1CNC(=O)c1ccc(-c2nc(CCCC(F)(F)F)no2)cc1. The minimum absolute atomic E-state index is 0.0839. The number of carbonyl (C=O) groups is 1. The van der Waals surface area contributed by atoms with Crippen molar-refractivity contribution in [2.75, 3.05) is 6.54 Å². The van der Waals surface area contributed by atoms with E-state index in [4.69, 9.17) is 4.52 Å². The lowest BCUT2D eigenvalue weighted by atomic mass is 9.82. The molecular formula is C21H26F3N3O2. The smallest absolute Gasteiger partial charge is 0.352 e. The molecule has 1 aromatic heterocycles. The van der Waals surface area contributed by atoms with Crippen LogP contribution in [-0.2, 0) is 6.42 Å². The fourth-order valence-electron chi connectivity index (χ4n) is 3.78. The van der Waals surface area contributed by atoms with Crippen molar-refractivity contribution >= 4 is 5.91 Å². The normalized spacial score (nSPS) is 18.7. The molecule has 1 unspecified atom stereocenters. The Balaban J connectivity index is 1.54. The van der Waals surface area contributed by atoms with Gasteiger partial charge in [-0.1, -0.05) is 25.4 Å². The number of nitrogens with one attached hydrogen (secondary N) is 1. The van der Waals surface area contributed by atoms with Gasteiger partial charge in [-0.25, -0.2) is 0 Å². The molecule has 0 radical (unpaired) electrons. The lowest BCUT2D eigenvalue weighted by molar-refractivity contribution is -0.135. The highest BCUT2D eigenvalue weighted by atomic mass is 19.4. The average Bonchev–Trinajstić information content (AvgIpc) is 3.25. The first-order chi connectivity index (χ1) is 13.6. The second kappa shape index (κ2) is 8.55. The Hall–Kier alpha value is -2.38. The molecule has 0 spiro atoms. The molecule has 1 N–H and O–H groups in total. The van der Waals surface area contributed by atoms with Crippen LogP contribution in [0.2, 0.25) is 0 Å². The van der Waals surface area contributed by atoms with Crippen molar-refractivity contribution in [3.8, 4) is 11.5 Å². The van der Waals surface area contributed by atoms with Crippen LogP contribution in [-0.4, -0.2) is 28.8 Å². The summed E-state index contributed by atoms with van der Waals surface area (Å²) < 4.78 is 41.8. The summed E-state index contributed by atoms with van der Waals surface area (Å²) in [7, 11) is 0. The van der Waals surface area contributed by atoms with Gasteiger partial charge in [0.1, 0.15) is 0 Å². The van der Waals surface area contributed by atoms with Crippen molar-refractivity contribution in [2.45, 2.75) is 58.5 Å². The molecule has 2 aromatic rings. The summed E-state index contributed by atoms with van der Waals surface area (Å²) in [5, 5.41) is 6.74. The number of alkyl halides is 3. The van der Waals surface area contributed by atoms with E-state index in [-0.39, 0.29) is 35.9 Å². The van der Waals surface area contributed by atoms with Crippen LogP contribution in [0.15, 0.2) is 28.8 Å². The summed E-state index contributed by atoms with van der Waals surface area (Å²) in [5.74, 6) is 0.828. The van der Waals surface area contributed by atoms with Gasteiger partial charge in [-0.05, 0) is 54.9 Å². The number of aromatic nitrogens is 2. The maximum Gasteiger partial charge on any atom is 0.389 e. The summed E-state index contributed by atoms with van der Waals surface area (Å²) in [4.78, 5) is 16.5. The summed E-state index contributed by atoms with van der Waals surface area (Å²) in [6.07, 6.45) is -1.53. The number of aryl methyl sites for hydroxylation is 1. The Bertz CT molecular complexity index is 828. The predicted octanol–water partition coefficient (Wildman–Crippen LogP) is 5.18. The van der Waals surface area contributed by atoms with Gasteiger partial charge in [-0.2, -0.15) is 18.2 Å². The number of halogens is 3. The monoisotopic (exact) mass is 409 g/mol. The third-order valence-corrected chi connectivity index (χ3v) is 5.71. The minimum atomic E-state index is -4.18. The Morgan fingerprint density at radius 3 is 2.62 bits per heavy atom. The largest absolute Gasteiger partial charge is 0.389 e. The van der Waals surface area contributed by atoms with Gasteiger partial charge in [0.15, 0.2) is 5.82 Å². The number of benzene rings is 1. The Labute approximate surface area is 168 Å². The molecule has 0 aliphatic heterocycles. The molecule has 1 aliphatic carbocycles. The molecule has 158 valence electrons. The van der Waals surface area contributed by atoms with E-state index in [1.54, 1.807) is 24.3 Å². The topological polar surface area (TPSA) is 68.0 Å². The molecule has 5 nitrogen and oxygen atoms in total. The molecule has 1 atom stereocenters. The number of rotatable bonds is 7. The molecule has 1 aliphatic rings. The standard InChI is InChI=1S/C21H26F3N3O2/c1-20(2)11-3-5-16(20)13-25-18(28)14-7-9-15(10-8-14)19-26-17(27-29-19)6-4-12-21(22,23)24/h7-10,16H,3-6,11-13H2,1-2H3,(H,25,28). The number of hydrogen-bond donors (Lipinski definition) is 1. The van der Waals surface area contributed by atoms with Crippen molar-refractivity contribution in [2.24, 2.45) is 11.3 Å². The van der Waals surface area contributed by atoms with E-state index >= 15 is 0 Å². The molecule has 8 heteroatoms. The molecule has 0 saturated heterocycles. The third kappa shape index (κ3) is 5.81. The van der Waals surface area contributed by atoms with E-state index in [0.717, 1.165) is 6.42 Å². The van der Waals surface area contributed by atoms with Gasteiger partial charge >= 0.3 is 6.18 Å². The highest BCUT2D eigenvalue weighted by molar-refractivity contribution is 5.94. The molecule has 1 saturated carbocycles. The molecule has 1 fully saturated rings. The van der Waals surface area contributed by atoms with E-state index in [2.05, 4.69) is 29.3 Å². The highest BCUT2D eigenvalue weighted by Gasteiger charge is 2.34. The molecular weight excluding hydrogens is 383 g/mol. The first-order valence-electron chi connectivity index (χ1n) is 9.92. The van der Waals surface area contributed by atoms with E-state index in [0.29, 0.717) is 23.6 Å². The predicted molar refractivity (Wildman–Crippen MR) is 102 cm³/mol. The van der Waals surface area contributed by atoms with Crippen LogP contribution in [0.25, 0.3) is 11.5 Å². The van der Waals surface area contributed by atoms with Gasteiger partial charge in [0.05, 0.1) is 0 Å². The van der Waals surface area contributed by atoms with E-state index < -0.39 is 12.6 Å². The number of hydrogen-bond acceptors (Lipinski definition) is 4. The van der Waals surface area contributed by atoms with Crippen molar-refractivity contribution in [3.63, 3.8) is 0 Å². The van der Waals surface area contributed by atoms with Gasteiger partial charge in [-0.15, -0.1) is 0 Å². The minimum Gasteiger partial charge on any atom is -0.352 e. The fraction of sp³-hybridized carbons (Fsp3) is 0.571. The zero-order chi connectivity index (χ0) is 21.1. The fourth-order valence-corrected chi connectivity index (χ4v) is 3.78. The summed E-state index contributed by atoms with van der Waals surface area (Å²) in [6.45, 7) is 5.15. The van der Waals surface area contributed by atoms with Crippen molar-refractivity contribution in [1.29, 1.82) is 0 Å². The summed E-state index contributed by atoms with van der Waals surface area (Å²) >= 11 is 0. The number of nitrogens with zero attached hydrogens (tertiary/aromatic N) is 2. The Kier molecular flexibility index (Phi) is 6.29. The van der Waals surface area contributed by atoms with Crippen molar-refractivity contribution in [3.05, 3.63) is 35.7 Å². The lowest BCUT2D eigenvalue weighted by Gasteiger charge is -2.27. The first-order valence-corrected chi connectivity index (χ1v) is 9.92. The third-order valence-electron chi connectivity index (χ3n) is 5.71. The van der Waals surface area contributed by atoms with Gasteiger partial charge in [0.2, 0.25) is 0 Å². The van der Waals surface area contributed by atoms with Crippen LogP contribution >= 0.6 is 0 Å². The molecule has 29 heavy (non-hydrogen) atoms. The second-order valence-electron chi connectivity index (χ2n) is 8.35. The first kappa shape index (κ1) is 21.3. The molecule has 1 aromatic carbocycles. The second-order valence-corrected chi connectivity index (χ2v) is 8.35. The Morgan fingerprint density at radius 2 is 2.00 bits per heavy atom. The van der Waals surface area contributed by atoms with Gasteiger partial charge < -0.3 is 9.84 Å². The zero-order valence-electron chi connectivity index (χ0n) is 16.7. The average molecular weight is 409 g/mol. The summed E-state index contributed by atoms with van der Waals surface area (Å²) in [6, 6.07) is 6.75. The maximum atomic E-state index is 12.4. The molecule has 3 rings (SSSR count). The van der Waals surface area contributed by atoms with Crippen LogP contribution in [0.4, 0.5) is 13.2 Å². The van der Waals surface area contributed by atoms with Crippen molar-refractivity contribution in [1.82, 2.24) is 15.5 Å². The molecule has 0 bridgehead atoms. The number of carbonyl (C=O) groups excluding carboxylic acids is 1. The van der Waals surface area contributed by atoms with Crippen molar-refractivity contribution < 1.29 is 22.5 Å². The van der Waals surface area contributed by atoms with Gasteiger partial charge in [0.25, 0.3) is 11.8 Å². The van der Waals surface area contributed by atoms with Gasteiger partial charge in [-0.3, -0.25) is 4.79 Å². The van der Waals surface area contributed by atoms with Crippen LogP contribution < -0.4 is 5.32 Å². The van der Waals surface area contributed by atoms with Crippen LogP contribution in [0.5, 0.6) is 0 Å².